The first-order valence-electron chi connectivity index (χ1n) is 9.17. The first kappa shape index (κ1) is 21.2. The largest absolute Gasteiger partial charge is 0.447 e. The first-order valence-corrected chi connectivity index (χ1v) is 9.98. The smallest absolute Gasteiger partial charge is 0.352 e. The zero-order chi connectivity index (χ0) is 20.9. The van der Waals surface area contributed by atoms with Crippen LogP contribution in [-0.2, 0) is 17.8 Å². The van der Waals surface area contributed by atoms with Gasteiger partial charge in [-0.15, -0.1) is 0 Å². The number of fused-ring (bicyclic) bond motifs is 1. The van der Waals surface area contributed by atoms with Crippen LogP contribution in [0.25, 0.3) is 0 Å². The average Bonchev–Trinajstić information content (AvgIpc) is 2.69. The fourth-order valence-corrected chi connectivity index (χ4v) is 3.76. The van der Waals surface area contributed by atoms with Crippen LogP contribution < -0.4 is 5.32 Å². The van der Waals surface area contributed by atoms with Gasteiger partial charge < -0.3 is 10.2 Å². The predicted molar refractivity (Wildman–Crippen MR) is 103 cm³/mol. The van der Waals surface area contributed by atoms with Gasteiger partial charge in [0.1, 0.15) is 5.03 Å². The van der Waals surface area contributed by atoms with Crippen LogP contribution in [0.5, 0.6) is 0 Å². The third-order valence-electron chi connectivity index (χ3n) is 4.56. The van der Waals surface area contributed by atoms with Gasteiger partial charge in [0.15, 0.2) is 0 Å². The molecular weight excluding hydrogens is 403 g/mol. The maximum absolute atomic E-state index is 12.6. The van der Waals surface area contributed by atoms with E-state index in [4.69, 9.17) is 0 Å². The number of thioether (sulfide) groups is 1. The molecule has 2 aromatic rings. The Morgan fingerprint density at radius 2 is 1.90 bits per heavy atom. The van der Waals surface area contributed by atoms with Crippen molar-refractivity contribution in [2.45, 2.75) is 36.3 Å². The number of nitrogens with zero attached hydrogens (tertiary/aromatic N) is 2. The summed E-state index contributed by atoms with van der Waals surface area (Å²) in [5.41, 5.74) is -2.25. The van der Waals surface area contributed by atoms with E-state index in [2.05, 4.69) is 16.4 Å². The number of nitrogens with one attached hydrogen (secondary N) is 1. The lowest BCUT2D eigenvalue weighted by atomic mass is 9.99. The van der Waals surface area contributed by atoms with Crippen molar-refractivity contribution >= 4 is 23.6 Å². The SMILES string of the molecule is O=C(NCCCC(=O)N1CCc2ccccc2C1)c1cccnc1SC(F)(F)F. The fraction of sp³-hybridized carbons (Fsp3) is 0.350. The molecule has 5 nitrogen and oxygen atoms in total. The highest BCUT2D eigenvalue weighted by Gasteiger charge is 2.32. The minimum Gasteiger partial charge on any atom is -0.352 e. The zero-order valence-electron chi connectivity index (χ0n) is 15.5. The average molecular weight is 423 g/mol. The van der Waals surface area contributed by atoms with Crippen molar-refractivity contribution in [2.75, 3.05) is 13.1 Å². The van der Waals surface area contributed by atoms with Gasteiger partial charge in [0.25, 0.3) is 5.91 Å². The summed E-state index contributed by atoms with van der Waals surface area (Å²) in [6.07, 6.45) is 2.70. The second-order valence-corrected chi connectivity index (χ2v) is 7.65. The lowest BCUT2D eigenvalue weighted by Crippen LogP contribution is -2.36. The molecule has 9 heteroatoms. The molecule has 0 fully saturated rings. The molecule has 1 aliphatic heterocycles. The molecule has 29 heavy (non-hydrogen) atoms. The van der Waals surface area contributed by atoms with Crippen molar-refractivity contribution < 1.29 is 22.8 Å². The highest BCUT2D eigenvalue weighted by molar-refractivity contribution is 8.00. The van der Waals surface area contributed by atoms with Gasteiger partial charge in [-0.1, -0.05) is 24.3 Å². The van der Waals surface area contributed by atoms with Crippen molar-refractivity contribution in [3.8, 4) is 0 Å². The number of pyridine rings is 1. The number of aromatic nitrogens is 1. The van der Waals surface area contributed by atoms with E-state index in [-0.39, 0.29) is 29.5 Å². The van der Waals surface area contributed by atoms with Gasteiger partial charge in [-0.05, 0) is 36.1 Å². The lowest BCUT2D eigenvalue weighted by molar-refractivity contribution is -0.132. The van der Waals surface area contributed by atoms with Gasteiger partial charge in [-0.25, -0.2) is 4.98 Å². The first-order chi connectivity index (χ1) is 13.8. The standard InChI is InChI=1S/C20H20F3N3O2S/c21-20(22,23)29-19-16(7-3-11-25-19)18(28)24-10-4-8-17(27)26-12-9-14-5-1-2-6-15(14)13-26/h1-3,5-7,11H,4,8-10,12-13H2,(H,24,28). The maximum atomic E-state index is 12.6. The fourth-order valence-electron chi connectivity index (χ4n) is 3.16. The molecule has 2 amide bonds. The van der Waals surface area contributed by atoms with Gasteiger partial charge in [-0.2, -0.15) is 13.2 Å². The van der Waals surface area contributed by atoms with Crippen LogP contribution in [0.2, 0.25) is 0 Å². The third kappa shape index (κ3) is 5.96. The summed E-state index contributed by atoms with van der Waals surface area (Å²) in [5.74, 6) is -0.632. The van der Waals surface area contributed by atoms with Crippen molar-refractivity contribution in [3.05, 3.63) is 59.3 Å². The number of carbonyl (C=O) groups is 2. The van der Waals surface area contributed by atoms with Crippen molar-refractivity contribution in [3.63, 3.8) is 0 Å². The minimum absolute atomic E-state index is 0.00319. The molecule has 0 saturated heterocycles. The van der Waals surface area contributed by atoms with Gasteiger partial charge >= 0.3 is 5.51 Å². The molecule has 2 heterocycles. The van der Waals surface area contributed by atoms with E-state index in [0.717, 1.165) is 12.0 Å². The number of rotatable bonds is 6. The van der Waals surface area contributed by atoms with Crippen LogP contribution in [0.15, 0.2) is 47.6 Å². The number of benzene rings is 1. The molecular formula is C20H20F3N3O2S. The highest BCUT2D eigenvalue weighted by Crippen LogP contribution is 2.37. The maximum Gasteiger partial charge on any atom is 0.447 e. The molecule has 1 aliphatic rings. The molecule has 154 valence electrons. The van der Waals surface area contributed by atoms with E-state index in [0.29, 0.717) is 19.5 Å². The van der Waals surface area contributed by atoms with E-state index in [1.165, 1.54) is 23.9 Å². The Balaban J connectivity index is 1.46. The number of hydrogen-bond acceptors (Lipinski definition) is 4. The molecule has 1 aromatic carbocycles. The van der Waals surface area contributed by atoms with Gasteiger partial charge in [0, 0.05) is 44.0 Å². The Morgan fingerprint density at radius 3 is 2.66 bits per heavy atom. The number of carbonyl (C=O) groups excluding carboxylic acids is 2. The third-order valence-corrected chi connectivity index (χ3v) is 5.31. The van der Waals surface area contributed by atoms with Crippen LogP contribution in [0.3, 0.4) is 0 Å². The van der Waals surface area contributed by atoms with Crippen LogP contribution in [0.4, 0.5) is 13.2 Å². The normalized spacial score (nSPS) is 13.7. The van der Waals surface area contributed by atoms with E-state index < -0.39 is 23.2 Å². The Labute approximate surface area is 170 Å². The summed E-state index contributed by atoms with van der Waals surface area (Å²) in [7, 11) is 0. The van der Waals surface area contributed by atoms with Crippen molar-refractivity contribution in [1.82, 2.24) is 15.2 Å². The monoisotopic (exact) mass is 423 g/mol. The Bertz CT molecular complexity index is 889. The Hall–Kier alpha value is -2.55. The summed E-state index contributed by atoms with van der Waals surface area (Å²) in [5, 5.41) is 2.18. The van der Waals surface area contributed by atoms with Gasteiger partial charge in [-0.3, -0.25) is 9.59 Å². The van der Waals surface area contributed by atoms with Crippen molar-refractivity contribution in [2.24, 2.45) is 0 Å². The van der Waals surface area contributed by atoms with Crippen LogP contribution in [0, 0.1) is 0 Å². The molecule has 0 atom stereocenters. The number of alkyl halides is 3. The summed E-state index contributed by atoms with van der Waals surface area (Å²) >= 11 is -0.420. The molecule has 0 bridgehead atoms. The molecule has 0 unspecified atom stereocenters. The lowest BCUT2D eigenvalue weighted by Gasteiger charge is -2.29. The molecule has 0 aliphatic carbocycles. The van der Waals surface area contributed by atoms with E-state index >= 15 is 0 Å². The highest BCUT2D eigenvalue weighted by atomic mass is 32.2. The molecule has 0 radical (unpaired) electrons. The molecule has 1 N–H and O–H groups in total. The Morgan fingerprint density at radius 1 is 1.14 bits per heavy atom. The minimum atomic E-state index is -4.52. The van der Waals surface area contributed by atoms with Gasteiger partial charge in [0.2, 0.25) is 5.91 Å². The zero-order valence-corrected chi connectivity index (χ0v) is 16.4. The second kappa shape index (κ2) is 9.30. The molecule has 1 aromatic heterocycles. The van der Waals surface area contributed by atoms with Crippen LogP contribution in [0.1, 0.15) is 34.3 Å². The number of halogens is 3. The number of amides is 2. The van der Waals surface area contributed by atoms with E-state index in [9.17, 15) is 22.8 Å². The van der Waals surface area contributed by atoms with E-state index in [1.807, 2.05) is 18.2 Å². The summed E-state index contributed by atoms with van der Waals surface area (Å²) in [6, 6.07) is 10.7. The summed E-state index contributed by atoms with van der Waals surface area (Å²) < 4.78 is 37.8. The van der Waals surface area contributed by atoms with Gasteiger partial charge in [0.05, 0.1) is 5.56 Å². The summed E-state index contributed by atoms with van der Waals surface area (Å²) in [4.78, 5) is 30.1. The second-order valence-electron chi connectivity index (χ2n) is 6.60. The molecule has 0 spiro atoms. The summed E-state index contributed by atoms with van der Waals surface area (Å²) in [6.45, 7) is 1.44. The predicted octanol–water partition coefficient (Wildman–Crippen LogP) is 3.79. The molecule has 0 saturated carbocycles. The van der Waals surface area contributed by atoms with E-state index in [1.54, 1.807) is 4.90 Å². The number of hydrogen-bond donors (Lipinski definition) is 1. The Kier molecular flexibility index (Phi) is 6.79. The quantitative estimate of drug-likeness (QED) is 0.567. The van der Waals surface area contributed by atoms with Crippen LogP contribution >= 0.6 is 11.8 Å². The van der Waals surface area contributed by atoms with Crippen LogP contribution in [-0.4, -0.2) is 40.3 Å². The topological polar surface area (TPSA) is 62.3 Å². The molecule has 3 rings (SSSR count). The van der Waals surface area contributed by atoms with Crippen molar-refractivity contribution in [1.29, 1.82) is 0 Å².